The predicted octanol–water partition coefficient (Wildman–Crippen LogP) is 4.06. The van der Waals surface area contributed by atoms with E-state index in [0.717, 1.165) is 11.1 Å². The third-order valence-electron chi connectivity index (χ3n) is 4.63. The molecule has 3 N–H and O–H groups in total. The number of anilines is 1. The first-order valence-electron chi connectivity index (χ1n) is 9.06. The van der Waals surface area contributed by atoms with Gasteiger partial charge in [0.05, 0.1) is 4.90 Å². The van der Waals surface area contributed by atoms with E-state index in [1.54, 1.807) is 42.5 Å². The van der Waals surface area contributed by atoms with Crippen LogP contribution in [0.4, 0.5) is 5.69 Å². The number of furan rings is 1. The summed E-state index contributed by atoms with van der Waals surface area (Å²) in [5, 5.41) is 12.2. The summed E-state index contributed by atoms with van der Waals surface area (Å²) in [6, 6.07) is 22.9. The Labute approximate surface area is 172 Å². The van der Waals surface area contributed by atoms with Crippen LogP contribution in [0.5, 0.6) is 0 Å². The monoisotopic (exact) mass is 422 g/mol. The maximum absolute atomic E-state index is 12.7. The van der Waals surface area contributed by atoms with Crippen molar-refractivity contribution < 1.29 is 22.8 Å². The van der Waals surface area contributed by atoms with Crippen LogP contribution in [-0.2, 0) is 9.84 Å². The van der Waals surface area contributed by atoms with Crippen molar-refractivity contribution >= 4 is 32.4 Å². The van der Waals surface area contributed by atoms with Crippen molar-refractivity contribution in [1.29, 1.82) is 0 Å². The largest absolute Gasteiger partial charge is 0.451 e. The van der Waals surface area contributed by atoms with Crippen LogP contribution in [-0.4, -0.2) is 25.4 Å². The van der Waals surface area contributed by atoms with Gasteiger partial charge >= 0.3 is 5.91 Å². The number of hydrogen-bond donors (Lipinski definition) is 3. The molecular weight excluding hydrogens is 404 g/mol. The molecule has 1 heterocycles. The van der Waals surface area contributed by atoms with Crippen LogP contribution in [0.15, 0.2) is 88.2 Å². The Morgan fingerprint density at radius 2 is 1.60 bits per heavy atom. The molecule has 0 unspecified atom stereocenters. The number of carbonyl (C=O) groups excluding carboxylic acids is 1. The summed E-state index contributed by atoms with van der Waals surface area (Å²) < 4.78 is 30.7. The van der Waals surface area contributed by atoms with E-state index in [2.05, 4.69) is 5.32 Å². The third kappa shape index (κ3) is 4.05. The fourth-order valence-electron chi connectivity index (χ4n) is 3.07. The van der Waals surface area contributed by atoms with E-state index in [1.165, 1.54) is 11.5 Å². The van der Waals surface area contributed by atoms with E-state index in [4.69, 9.17) is 9.62 Å². The molecule has 0 fully saturated rings. The van der Waals surface area contributed by atoms with E-state index in [1.807, 2.05) is 30.3 Å². The van der Waals surface area contributed by atoms with Gasteiger partial charge in [-0.25, -0.2) is 13.9 Å². The molecular formula is C22H18N2O5S. The highest BCUT2D eigenvalue weighted by Crippen LogP contribution is 2.25. The molecule has 7 nitrogen and oxygen atoms in total. The molecule has 0 saturated heterocycles. The smallest absolute Gasteiger partial charge is 0.310 e. The van der Waals surface area contributed by atoms with Crippen molar-refractivity contribution in [2.75, 3.05) is 11.2 Å². The molecule has 0 atom stereocenters. The molecule has 0 aliphatic carbocycles. The Balaban J connectivity index is 1.49. The third-order valence-corrected chi connectivity index (χ3v) is 6.14. The van der Waals surface area contributed by atoms with Gasteiger partial charge < -0.3 is 9.73 Å². The average Bonchev–Trinajstić information content (AvgIpc) is 3.21. The Morgan fingerprint density at radius 3 is 2.30 bits per heavy atom. The lowest BCUT2D eigenvalue weighted by Gasteiger charge is -2.09. The molecule has 1 amide bonds. The van der Waals surface area contributed by atoms with Gasteiger partial charge in [0.1, 0.15) is 11.5 Å². The minimum absolute atomic E-state index is 0.0456. The Hall–Kier alpha value is -3.62. The number of sulfone groups is 1. The maximum Gasteiger partial charge on any atom is 0.310 e. The summed E-state index contributed by atoms with van der Waals surface area (Å²) in [6.07, 6.45) is 0. The van der Waals surface area contributed by atoms with Gasteiger partial charge in [0, 0.05) is 11.1 Å². The first-order chi connectivity index (χ1) is 14.5. The van der Waals surface area contributed by atoms with Crippen LogP contribution in [0.2, 0.25) is 0 Å². The number of carbonyl (C=O) groups is 1. The lowest BCUT2D eigenvalue weighted by molar-refractivity contribution is 0.0678. The number of amides is 1. The second-order valence-corrected chi connectivity index (χ2v) is 8.62. The first-order valence-corrected chi connectivity index (χ1v) is 10.7. The lowest BCUT2D eigenvalue weighted by Crippen LogP contribution is -2.17. The molecule has 4 rings (SSSR count). The highest BCUT2D eigenvalue weighted by Gasteiger charge is 2.15. The molecule has 4 aromatic rings. The van der Waals surface area contributed by atoms with Crippen molar-refractivity contribution in [2.45, 2.75) is 4.90 Å². The standard InChI is InChI=1S/C22H18N2O5S/c25-22(24-26)21-13-17-12-18(8-11-20(17)29-21)23-14-30(27,28)19-9-6-16(7-10-19)15-4-2-1-3-5-15/h1-13,23,26H,14H2,(H,24,25). The number of rotatable bonds is 6. The summed E-state index contributed by atoms with van der Waals surface area (Å²) in [6.45, 7) is 0. The van der Waals surface area contributed by atoms with Gasteiger partial charge in [-0.3, -0.25) is 10.0 Å². The van der Waals surface area contributed by atoms with Crippen LogP contribution in [0.25, 0.3) is 22.1 Å². The Morgan fingerprint density at radius 1 is 0.900 bits per heavy atom. The van der Waals surface area contributed by atoms with Gasteiger partial charge in [-0.2, -0.15) is 0 Å². The fraction of sp³-hybridized carbons (Fsp3) is 0.0455. The van der Waals surface area contributed by atoms with Gasteiger partial charge in [0.15, 0.2) is 15.6 Å². The number of nitrogens with one attached hydrogen (secondary N) is 2. The van der Waals surface area contributed by atoms with Crippen molar-refractivity contribution in [3.8, 4) is 11.1 Å². The fourth-order valence-corrected chi connectivity index (χ4v) is 4.14. The molecule has 0 saturated carbocycles. The first kappa shape index (κ1) is 19.7. The normalized spacial score (nSPS) is 11.4. The van der Waals surface area contributed by atoms with E-state index < -0.39 is 15.7 Å². The quantitative estimate of drug-likeness (QED) is 0.319. The van der Waals surface area contributed by atoms with E-state index in [-0.39, 0.29) is 16.5 Å². The van der Waals surface area contributed by atoms with Crippen molar-refractivity contribution in [3.05, 3.63) is 84.6 Å². The van der Waals surface area contributed by atoms with E-state index in [9.17, 15) is 13.2 Å². The number of fused-ring (bicyclic) bond motifs is 1. The maximum atomic E-state index is 12.7. The summed E-state index contributed by atoms with van der Waals surface area (Å²) in [5.41, 5.74) is 4.47. The number of hydrogen-bond acceptors (Lipinski definition) is 6. The molecule has 0 aliphatic heterocycles. The Bertz CT molecular complexity index is 1300. The summed E-state index contributed by atoms with van der Waals surface area (Å²) in [4.78, 5) is 11.7. The van der Waals surface area contributed by atoms with Crippen LogP contribution in [0.1, 0.15) is 10.6 Å². The van der Waals surface area contributed by atoms with Crippen LogP contribution in [0, 0.1) is 0 Å². The molecule has 3 aromatic carbocycles. The van der Waals surface area contributed by atoms with E-state index >= 15 is 0 Å². The van der Waals surface area contributed by atoms with Gasteiger partial charge in [-0.1, -0.05) is 42.5 Å². The van der Waals surface area contributed by atoms with Gasteiger partial charge in [0.25, 0.3) is 0 Å². The van der Waals surface area contributed by atoms with Gasteiger partial charge in [0.2, 0.25) is 0 Å². The highest BCUT2D eigenvalue weighted by molar-refractivity contribution is 7.91. The SMILES string of the molecule is O=C(NO)c1cc2cc(NCS(=O)(=O)c3ccc(-c4ccccc4)cc3)ccc2o1. The molecule has 8 heteroatoms. The van der Waals surface area contributed by atoms with Crippen molar-refractivity contribution in [2.24, 2.45) is 0 Å². The predicted molar refractivity (Wildman–Crippen MR) is 113 cm³/mol. The zero-order chi connectivity index (χ0) is 21.1. The minimum Gasteiger partial charge on any atom is -0.451 e. The zero-order valence-corrected chi connectivity index (χ0v) is 16.5. The second kappa shape index (κ2) is 8.02. The van der Waals surface area contributed by atoms with Gasteiger partial charge in [-0.05, 0) is 47.5 Å². The molecule has 152 valence electrons. The molecule has 0 radical (unpaired) electrons. The number of benzene rings is 3. The van der Waals surface area contributed by atoms with Gasteiger partial charge in [-0.15, -0.1) is 0 Å². The van der Waals surface area contributed by atoms with E-state index in [0.29, 0.717) is 16.7 Å². The van der Waals surface area contributed by atoms with Crippen LogP contribution in [0.3, 0.4) is 0 Å². The minimum atomic E-state index is -3.55. The second-order valence-electron chi connectivity index (χ2n) is 6.63. The topological polar surface area (TPSA) is 109 Å². The number of hydroxylamine groups is 1. The highest BCUT2D eigenvalue weighted by atomic mass is 32.2. The zero-order valence-electron chi connectivity index (χ0n) is 15.7. The van der Waals surface area contributed by atoms with Crippen molar-refractivity contribution in [3.63, 3.8) is 0 Å². The molecule has 0 aliphatic rings. The van der Waals surface area contributed by atoms with Crippen LogP contribution >= 0.6 is 0 Å². The molecule has 30 heavy (non-hydrogen) atoms. The lowest BCUT2D eigenvalue weighted by atomic mass is 10.1. The molecule has 1 aromatic heterocycles. The summed E-state index contributed by atoms with van der Waals surface area (Å²) in [5.74, 6) is -1.09. The average molecular weight is 422 g/mol. The summed E-state index contributed by atoms with van der Waals surface area (Å²) >= 11 is 0. The van der Waals surface area contributed by atoms with Crippen molar-refractivity contribution in [1.82, 2.24) is 5.48 Å². The molecule has 0 spiro atoms. The summed E-state index contributed by atoms with van der Waals surface area (Å²) in [7, 11) is -3.55. The van der Waals surface area contributed by atoms with Crippen LogP contribution < -0.4 is 10.8 Å². The Kier molecular flexibility index (Phi) is 5.26. The molecule has 0 bridgehead atoms.